The van der Waals surface area contributed by atoms with Gasteiger partial charge in [0.2, 0.25) is 0 Å². The van der Waals surface area contributed by atoms with Crippen LogP contribution in [0.15, 0.2) is 30.3 Å². The summed E-state index contributed by atoms with van der Waals surface area (Å²) in [6.07, 6.45) is 3.35. The highest BCUT2D eigenvalue weighted by molar-refractivity contribution is 5.16. The maximum Gasteiger partial charge on any atom is 0.0694 e. The summed E-state index contributed by atoms with van der Waals surface area (Å²) in [5, 5.41) is 9.79. The van der Waals surface area contributed by atoms with Gasteiger partial charge in [-0.05, 0) is 18.4 Å². The third-order valence-corrected chi connectivity index (χ3v) is 2.66. The van der Waals surface area contributed by atoms with Crippen molar-refractivity contribution in [3.63, 3.8) is 0 Å². The van der Waals surface area contributed by atoms with Crippen LogP contribution in [0.3, 0.4) is 0 Å². The van der Waals surface area contributed by atoms with Crippen LogP contribution in [0.5, 0.6) is 0 Å². The van der Waals surface area contributed by atoms with Crippen LogP contribution in [0.2, 0.25) is 0 Å². The molecule has 0 heterocycles. The van der Waals surface area contributed by atoms with Crippen LogP contribution in [0.1, 0.15) is 31.7 Å². The molecule has 0 bridgehead atoms. The maximum absolute atomic E-state index is 9.79. The minimum atomic E-state index is -0.370. The predicted molar refractivity (Wildman–Crippen MR) is 63.7 cm³/mol. The zero-order valence-corrected chi connectivity index (χ0v) is 9.39. The van der Waals surface area contributed by atoms with E-state index in [4.69, 9.17) is 5.73 Å². The van der Waals surface area contributed by atoms with Crippen LogP contribution in [0, 0.1) is 0 Å². The first-order valence-electron chi connectivity index (χ1n) is 5.71. The molecule has 0 spiro atoms. The number of hydrogen-bond donors (Lipinski definition) is 2. The number of unbranched alkanes of at least 4 members (excludes halogenated alkanes) is 1. The van der Waals surface area contributed by atoms with Crippen molar-refractivity contribution in [2.45, 2.75) is 44.8 Å². The number of aliphatic hydroxyl groups excluding tert-OH is 1. The average molecular weight is 207 g/mol. The summed E-state index contributed by atoms with van der Waals surface area (Å²) >= 11 is 0. The molecule has 0 fully saturated rings. The highest BCUT2D eigenvalue weighted by Gasteiger charge is 2.14. The molecule has 0 radical (unpaired) electrons. The Kier molecular flexibility index (Phi) is 5.37. The summed E-state index contributed by atoms with van der Waals surface area (Å²) in [5.41, 5.74) is 7.13. The van der Waals surface area contributed by atoms with Gasteiger partial charge < -0.3 is 10.8 Å². The van der Waals surface area contributed by atoms with Crippen molar-refractivity contribution >= 4 is 0 Å². The number of benzene rings is 1. The molecular weight excluding hydrogens is 186 g/mol. The predicted octanol–water partition coefficient (Wildman–Crippen LogP) is 2.11. The second-order valence-electron chi connectivity index (χ2n) is 4.06. The van der Waals surface area contributed by atoms with Gasteiger partial charge in [0.05, 0.1) is 6.10 Å². The Bertz CT molecular complexity index is 260. The molecule has 2 nitrogen and oxygen atoms in total. The minimum Gasteiger partial charge on any atom is -0.392 e. The molecule has 1 rings (SSSR count). The van der Waals surface area contributed by atoms with Gasteiger partial charge in [0.1, 0.15) is 0 Å². The lowest BCUT2D eigenvalue weighted by Crippen LogP contribution is -2.36. The first kappa shape index (κ1) is 12.2. The van der Waals surface area contributed by atoms with Gasteiger partial charge in [-0.15, -0.1) is 0 Å². The monoisotopic (exact) mass is 207 g/mol. The Hall–Kier alpha value is -0.860. The van der Waals surface area contributed by atoms with E-state index < -0.39 is 0 Å². The van der Waals surface area contributed by atoms with E-state index in [2.05, 4.69) is 6.92 Å². The summed E-state index contributed by atoms with van der Waals surface area (Å²) in [4.78, 5) is 0. The molecule has 84 valence electrons. The normalized spacial score (nSPS) is 14.9. The van der Waals surface area contributed by atoms with Gasteiger partial charge >= 0.3 is 0 Å². The zero-order chi connectivity index (χ0) is 11.1. The van der Waals surface area contributed by atoms with Crippen molar-refractivity contribution < 1.29 is 5.11 Å². The molecule has 2 atom stereocenters. The number of aliphatic hydroxyl groups is 1. The van der Waals surface area contributed by atoms with Crippen molar-refractivity contribution in [3.05, 3.63) is 35.9 Å². The van der Waals surface area contributed by atoms with E-state index in [1.165, 1.54) is 5.56 Å². The smallest absolute Gasteiger partial charge is 0.0694 e. The summed E-state index contributed by atoms with van der Waals surface area (Å²) in [5.74, 6) is 0. The van der Waals surface area contributed by atoms with Gasteiger partial charge in [-0.25, -0.2) is 0 Å². The van der Waals surface area contributed by atoms with Crippen LogP contribution in [0.4, 0.5) is 0 Å². The molecule has 3 N–H and O–H groups in total. The van der Waals surface area contributed by atoms with Crippen LogP contribution >= 0.6 is 0 Å². The lowest BCUT2D eigenvalue weighted by atomic mass is 9.99. The van der Waals surface area contributed by atoms with Crippen LogP contribution in [-0.4, -0.2) is 17.3 Å². The highest BCUT2D eigenvalue weighted by Crippen LogP contribution is 2.08. The molecule has 1 aromatic carbocycles. The lowest BCUT2D eigenvalue weighted by Gasteiger charge is -2.18. The van der Waals surface area contributed by atoms with Crippen molar-refractivity contribution in [3.8, 4) is 0 Å². The van der Waals surface area contributed by atoms with Crippen LogP contribution < -0.4 is 5.73 Å². The van der Waals surface area contributed by atoms with E-state index in [-0.39, 0.29) is 12.1 Å². The first-order valence-corrected chi connectivity index (χ1v) is 5.71. The van der Waals surface area contributed by atoms with Crippen molar-refractivity contribution in [1.82, 2.24) is 0 Å². The highest BCUT2D eigenvalue weighted by atomic mass is 16.3. The van der Waals surface area contributed by atoms with Gasteiger partial charge in [-0.1, -0.05) is 50.1 Å². The second kappa shape index (κ2) is 6.59. The van der Waals surface area contributed by atoms with Gasteiger partial charge in [-0.3, -0.25) is 0 Å². The fraction of sp³-hybridized carbons (Fsp3) is 0.538. The Morgan fingerprint density at radius 3 is 2.53 bits per heavy atom. The Morgan fingerprint density at radius 1 is 1.27 bits per heavy atom. The van der Waals surface area contributed by atoms with E-state index >= 15 is 0 Å². The van der Waals surface area contributed by atoms with Crippen LogP contribution in [-0.2, 0) is 6.42 Å². The summed E-state index contributed by atoms with van der Waals surface area (Å²) in [6.45, 7) is 2.12. The Morgan fingerprint density at radius 2 is 1.93 bits per heavy atom. The molecule has 0 aromatic heterocycles. The number of rotatable bonds is 6. The van der Waals surface area contributed by atoms with Crippen molar-refractivity contribution in [2.24, 2.45) is 5.73 Å². The molecule has 0 aliphatic heterocycles. The molecule has 0 saturated carbocycles. The van der Waals surface area contributed by atoms with Crippen molar-refractivity contribution in [1.29, 1.82) is 0 Å². The topological polar surface area (TPSA) is 46.2 Å². The maximum atomic E-state index is 9.79. The molecule has 15 heavy (non-hydrogen) atoms. The van der Waals surface area contributed by atoms with E-state index in [9.17, 15) is 5.11 Å². The quantitative estimate of drug-likeness (QED) is 0.750. The van der Waals surface area contributed by atoms with E-state index in [1.807, 2.05) is 30.3 Å². The van der Waals surface area contributed by atoms with E-state index in [0.29, 0.717) is 0 Å². The van der Waals surface area contributed by atoms with E-state index in [1.54, 1.807) is 0 Å². The van der Waals surface area contributed by atoms with Crippen LogP contribution in [0.25, 0.3) is 0 Å². The molecule has 2 heteroatoms. The van der Waals surface area contributed by atoms with Gasteiger partial charge in [-0.2, -0.15) is 0 Å². The fourth-order valence-corrected chi connectivity index (χ4v) is 1.65. The minimum absolute atomic E-state index is 0.140. The average Bonchev–Trinajstić information content (AvgIpc) is 2.27. The largest absolute Gasteiger partial charge is 0.392 e. The third-order valence-electron chi connectivity index (χ3n) is 2.66. The number of nitrogens with two attached hydrogens (primary N) is 1. The van der Waals surface area contributed by atoms with Gasteiger partial charge in [0.15, 0.2) is 0 Å². The second-order valence-corrected chi connectivity index (χ2v) is 4.06. The summed E-state index contributed by atoms with van der Waals surface area (Å²) in [6, 6.07) is 9.95. The molecule has 0 saturated heterocycles. The number of hydrogen-bond acceptors (Lipinski definition) is 2. The fourth-order valence-electron chi connectivity index (χ4n) is 1.65. The summed E-state index contributed by atoms with van der Waals surface area (Å²) < 4.78 is 0. The molecule has 0 amide bonds. The van der Waals surface area contributed by atoms with Gasteiger partial charge in [0, 0.05) is 6.04 Å². The molecule has 2 unspecified atom stereocenters. The molecular formula is C13H21NO. The Balaban J connectivity index is 2.38. The molecule has 0 aliphatic carbocycles. The van der Waals surface area contributed by atoms with Crippen molar-refractivity contribution in [2.75, 3.05) is 0 Å². The first-order chi connectivity index (χ1) is 7.24. The zero-order valence-electron chi connectivity index (χ0n) is 9.39. The standard InChI is InChI=1S/C13H21NO/c1-2-3-9-13(15)12(14)10-11-7-5-4-6-8-11/h4-8,12-13,15H,2-3,9-10,14H2,1H3. The van der Waals surface area contributed by atoms with E-state index in [0.717, 1.165) is 25.7 Å². The molecule has 0 aliphatic rings. The lowest BCUT2D eigenvalue weighted by molar-refractivity contribution is 0.132. The Labute approximate surface area is 92.1 Å². The third kappa shape index (κ3) is 4.45. The SMILES string of the molecule is CCCCC(O)C(N)Cc1ccccc1. The molecule has 1 aromatic rings. The summed E-state index contributed by atoms with van der Waals surface area (Å²) in [7, 11) is 0. The van der Waals surface area contributed by atoms with Gasteiger partial charge in [0.25, 0.3) is 0 Å².